The quantitative estimate of drug-likeness (QED) is 0.645. The van der Waals surface area contributed by atoms with E-state index >= 15 is 0 Å². The maximum Gasteiger partial charge on any atom is 0.407 e. The van der Waals surface area contributed by atoms with E-state index in [9.17, 15) is 9.59 Å². The van der Waals surface area contributed by atoms with E-state index in [4.69, 9.17) is 4.74 Å². The SMILES string of the molecule is COC(=O)NC(C(=O)N1CCCC1c1ncc(-c2ccc3ccccc3c2)[nH]1)C(C)C. The second kappa shape index (κ2) is 8.79. The molecule has 2 unspecified atom stereocenters. The summed E-state index contributed by atoms with van der Waals surface area (Å²) < 4.78 is 4.70. The Morgan fingerprint density at radius 2 is 1.97 bits per heavy atom. The molecule has 1 saturated heterocycles. The van der Waals surface area contributed by atoms with E-state index in [2.05, 4.69) is 45.6 Å². The summed E-state index contributed by atoms with van der Waals surface area (Å²) in [6.07, 6.45) is 2.96. The van der Waals surface area contributed by atoms with Gasteiger partial charge in [0.1, 0.15) is 11.9 Å². The van der Waals surface area contributed by atoms with E-state index in [1.54, 1.807) is 0 Å². The number of imidazole rings is 1. The van der Waals surface area contributed by atoms with Crippen molar-refractivity contribution in [2.75, 3.05) is 13.7 Å². The van der Waals surface area contributed by atoms with E-state index in [1.165, 1.54) is 17.9 Å². The number of benzene rings is 2. The predicted octanol–water partition coefficient (Wildman–Crippen LogP) is 4.27. The number of alkyl carbamates (subject to hydrolysis) is 1. The Balaban J connectivity index is 1.57. The lowest BCUT2D eigenvalue weighted by Gasteiger charge is -2.30. The van der Waals surface area contributed by atoms with Crippen molar-refractivity contribution in [3.8, 4) is 11.3 Å². The Labute approximate surface area is 181 Å². The second-order valence-corrected chi connectivity index (χ2v) is 8.29. The minimum absolute atomic E-state index is 0.0578. The average Bonchev–Trinajstić information content (AvgIpc) is 3.45. The molecule has 7 nitrogen and oxygen atoms in total. The van der Waals surface area contributed by atoms with Gasteiger partial charge < -0.3 is 19.9 Å². The van der Waals surface area contributed by atoms with Crippen LogP contribution in [-0.4, -0.2) is 46.6 Å². The third-order valence-corrected chi connectivity index (χ3v) is 5.90. The van der Waals surface area contributed by atoms with Gasteiger partial charge in [-0.1, -0.05) is 50.2 Å². The highest BCUT2D eigenvalue weighted by atomic mass is 16.5. The zero-order valence-electron chi connectivity index (χ0n) is 18.1. The number of nitrogens with one attached hydrogen (secondary N) is 2. The van der Waals surface area contributed by atoms with Gasteiger partial charge in [0, 0.05) is 12.1 Å². The number of likely N-dealkylation sites (tertiary alicyclic amines) is 1. The van der Waals surface area contributed by atoms with Crippen LogP contribution in [0.3, 0.4) is 0 Å². The number of hydrogen-bond acceptors (Lipinski definition) is 4. The van der Waals surface area contributed by atoms with Crippen molar-refractivity contribution in [1.82, 2.24) is 20.2 Å². The van der Waals surface area contributed by atoms with Crippen LogP contribution in [0.1, 0.15) is 38.6 Å². The van der Waals surface area contributed by atoms with Crippen LogP contribution in [-0.2, 0) is 9.53 Å². The Morgan fingerprint density at radius 3 is 2.71 bits per heavy atom. The lowest BCUT2D eigenvalue weighted by molar-refractivity contribution is -0.135. The van der Waals surface area contributed by atoms with Crippen molar-refractivity contribution >= 4 is 22.8 Å². The highest BCUT2D eigenvalue weighted by Gasteiger charge is 2.37. The summed E-state index contributed by atoms with van der Waals surface area (Å²) in [6.45, 7) is 4.46. The summed E-state index contributed by atoms with van der Waals surface area (Å²) in [7, 11) is 1.30. The van der Waals surface area contributed by atoms with Crippen LogP contribution in [0, 0.1) is 5.92 Å². The number of H-pyrrole nitrogens is 1. The number of amides is 2. The Morgan fingerprint density at radius 1 is 1.19 bits per heavy atom. The van der Waals surface area contributed by atoms with Crippen molar-refractivity contribution in [3.63, 3.8) is 0 Å². The minimum atomic E-state index is -0.636. The van der Waals surface area contributed by atoms with E-state index in [-0.39, 0.29) is 17.9 Å². The molecule has 2 heterocycles. The van der Waals surface area contributed by atoms with Gasteiger partial charge in [-0.25, -0.2) is 9.78 Å². The number of carbonyl (C=O) groups excluding carboxylic acids is 2. The topological polar surface area (TPSA) is 87.3 Å². The van der Waals surface area contributed by atoms with Gasteiger partial charge in [0.05, 0.1) is 25.0 Å². The fourth-order valence-electron chi connectivity index (χ4n) is 4.20. The lowest BCUT2D eigenvalue weighted by Crippen LogP contribution is -2.51. The molecule has 2 N–H and O–H groups in total. The molecule has 0 saturated carbocycles. The van der Waals surface area contributed by atoms with Gasteiger partial charge in [-0.3, -0.25) is 4.79 Å². The third kappa shape index (κ3) is 4.26. The Hall–Kier alpha value is -3.35. The molecule has 2 aromatic carbocycles. The van der Waals surface area contributed by atoms with Crippen LogP contribution in [0.5, 0.6) is 0 Å². The molecule has 0 spiro atoms. The zero-order valence-corrected chi connectivity index (χ0v) is 18.1. The van der Waals surface area contributed by atoms with E-state index in [1.807, 2.05) is 37.1 Å². The van der Waals surface area contributed by atoms with Gasteiger partial charge in [-0.15, -0.1) is 0 Å². The first-order valence-corrected chi connectivity index (χ1v) is 10.7. The molecule has 0 radical (unpaired) electrons. The van der Waals surface area contributed by atoms with E-state index in [0.717, 1.165) is 29.9 Å². The highest BCUT2D eigenvalue weighted by molar-refractivity contribution is 5.87. The summed E-state index contributed by atoms with van der Waals surface area (Å²) in [5.74, 6) is 0.610. The number of nitrogens with zero attached hydrogens (tertiary/aromatic N) is 2. The molecule has 4 rings (SSSR count). The van der Waals surface area contributed by atoms with Gasteiger partial charge in [-0.2, -0.15) is 0 Å². The Kier molecular flexibility index (Phi) is 5.93. The summed E-state index contributed by atoms with van der Waals surface area (Å²) in [5, 5.41) is 5.04. The number of ether oxygens (including phenoxy) is 1. The van der Waals surface area contributed by atoms with Crippen LogP contribution >= 0.6 is 0 Å². The Bertz CT molecular complexity index is 1090. The lowest BCUT2D eigenvalue weighted by atomic mass is 10.0. The van der Waals surface area contributed by atoms with Crippen molar-refractivity contribution in [3.05, 3.63) is 54.5 Å². The second-order valence-electron chi connectivity index (χ2n) is 8.29. The molecular weight excluding hydrogens is 392 g/mol. The van der Waals surface area contributed by atoms with E-state index in [0.29, 0.717) is 6.54 Å². The molecule has 0 aliphatic carbocycles. The molecule has 31 heavy (non-hydrogen) atoms. The number of carbonyl (C=O) groups is 2. The summed E-state index contributed by atoms with van der Waals surface area (Å²) >= 11 is 0. The molecular formula is C24H28N4O3. The maximum atomic E-state index is 13.3. The summed E-state index contributed by atoms with van der Waals surface area (Å²) in [4.78, 5) is 34.8. The number of rotatable bonds is 5. The van der Waals surface area contributed by atoms with Crippen molar-refractivity contribution in [2.24, 2.45) is 5.92 Å². The van der Waals surface area contributed by atoms with Gasteiger partial charge in [0.25, 0.3) is 0 Å². The normalized spacial score (nSPS) is 17.2. The minimum Gasteiger partial charge on any atom is -0.453 e. The number of aromatic amines is 1. The van der Waals surface area contributed by atoms with Crippen LogP contribution in [0.2, 0.25) is 0 Å². The number of fused-ring (bicyclic) bond motifs is 1. The van der Waals surface area contributed by atoms with Gasteiger partial charge in [0.15, 0.2) is 0 Å². The van der Waals surface area contributed by atoms with Gasteiger partial charge >= 0.3 is 6.09 Å². The molecule has 1 aliphatic rings. The summed E-state index contributed by atoms with van der Waals surface area (Å²) in [5.41, 5.74) is 1.98. The molecule has 3 aromatic rings. The van der Waals surface area contributed by atoms with Crippen LogP contribution in [0.15, 0.2) is 48.7 Å². The van der Waals surface area contributed by atoms with Gasteiger partial charge in [0.2, 0.25) is 5.91 Å². The predicted molar refractivity (Wildman–Crippen MR) is 119 cm³/mol. The molecule has 1 fully saturated rings. The molecule has 0 bridgehead atoms. The molecule has 1 aliphatic heterocycles. The number of hydrogen-bond donors (Lipinski definition) is 2. The standard InChI is InChI=1S/C24H28N4O3/c1-15(2)21(27-24(30)31-3)23(29)28-12-6-9-20(28)22-25-14-19(26-22)18-11-10-16-7-4-5-8-17(16)13-18/h4-5,7-8,10-11,13-15,20-21H,6,9,12H2,1-3H3,(H,25,26)(H,27,30). The highest BCUT2D eigenvalue weighted by Crippen LogP contribution is 2.33. The molecule has 2 amide bonds. The first-order chi connectivity index (χ1) is 15.0. The van der Waals surface area contributed by atoms with Crippen LogP contribution in [0.25, 0.3) is 22.0 Å². The van der Waals surface area contributed by atoms with E-state index < -0.39 is 12.1 Å². The molecule has 2 atom stereocenters. The maximum absolute atomic E-state index is 13.3. The largest absolute Gasteiger partial charge is 0.453 e. The van der Waals surface area contributed by atoms with Crippen molar-refractivity contribution in [2.45, 2.75) is 38.8 Å². The van der Waals surface area contributed by atoms with Crippen molar-refractivity contribution in [1.29, 1.82) is 0 Å². The molecule has 162 valence electrons. The number of aromatic nitrogens is 2. The zero-order chi connectivity index (χ0) is 22.0. The first kappa shape index (κ1) is 20.9. The smallest absolute Gasteiger partial charge is 0.407 e. The van der Waals surface area contributed by atoms with Crippen LogP contribution in [0.4, 0.5) is 4.79 Å². The van der Waals surface area contributed by atoms with Crippen LogP contribution < -0.4 is 5.32 Å². The fraction of sp³-hybridized carbons (Fsp3) is 0.375. The number of methoxy groups -OCH3 is 1. The fourth-order valence-corrected chi connectivity index (χ4v) is 4.20. The average molecular weight is 421 g/mol. The molecule has 1 aromatic heterocycles. The van der Waals surface area contributed by atoms with Gasteiger partial charge in [-0.05, 0) is 35.6 Å². The molecule has 7 heteroatoms. The monoisotopic (exact) mass is 420 g/mol. The summed E-state index contributed by atoms with van der Waals surface area (Å²) in [6, 6.07) is 13.8. The third-order valence-electron chi connectivity index (χ3n) is 5.90. The first-order valence-electron chi connectivity index (χ1n) is 10.7. The van der Waals surface area contributed by atoms with Crippen molar-refractivity contribution < 1.29 is 14.3 Å².